The van der Waals surface area contributed by atoms with E-state index >= 15 is 0 Å². The molecule has 2 fully saturated rings. The number of hydrogen-bond acceptors (Lipinski definition) is 3. The quantitative estimate of drug-likeness (QED) is 0.907. The van der Waals surface area contributed by atoms with E-state index in [-0.39, 0.29) is 5.91 Å². The summed E-state index contributed by atoms with van der Waals surface area (Å²) in [5.74, 6) is 0.286. The second-order valence-electron chi connectivity index (χ2n) is 6.73. The van der Waals surface area contributed by atoms with E-state index < -0.39 is 0 Å². The van der Waals surface area contributed by atoms with Crippen LogP contribution in [-0.2, 0) is 4.79 Å². The average Bonchev–Trinajstić information content (AvgIpc) is 2.63. The SMILES string of the molecule is O=C(CCN1CCCCC1)N(c1ccccc1)C1CCNCC1. The molecule has 3 rings (SSSR count). The molecule has 1 N–H and O–H groups in total. The number of piperidine rings is 2. The van der Waals surface area contributed by atoms with E-state index in [1.165, 1.54) is 19.3 Å². The van der Waals surface area contributed by atoms with E-state index in [0.29, 0.717) is 12.5 Å². The Hall–Kier alpha value is -1.39. The Kier molecular flexibility index (Phi) is 6.06. The van der Waals surface area contributed by atoms with Crippen molar-refractivity contribution in [1.29, 1.82) is 0 Å². The molecule has 1 aromatic rings. The molecule has 2 aliphatic rings. The van der Waals surface area contributed by atoms with Crippen LogP contribution in [0, 0.1) is 0 Å². The van der Waals surface area contributed by atoms with Gasteiger partial charge in [0, 0.05) is 24.7 Å². The summed E-state index contributed by atoms with van der Waals surface area (Å²) in [4.78, 5) is 17.5. The molecular weight excluding hydrogens is 286 g/mol. The fourth-order valence-corrected chi connectivity index (χ4v) is 3.77. The van der Waals surface area contributed by atoms with Crippen molar-refractivity contribution in [3.05, 3.63) is 30.3 Å². The minimum atomic E-state index is 0.286. The lowest BCUT2D eigenvalue weighted by Crippen LogP contribution is -2.47. The first-order chi connectivity index (χ1) is 11.3. The minimum Gasteiger partial charge on any atom is -0.317 e. The van der Waals surface area contributed by atoms with Gasteiger partial charge in [-0.3, -0.25) is 4.79 Å². The summed E-state index contributed by atoms with van der Waals surface area (Å²) in [7, 11) is 0. The smallest absolute Gasteiger partial charge is 0.228 e. The minimum absolute atomic E-state index is 0.286. The second-order valence-corrected chi connectivity index (χ2v) is 6.73. The zero-order valence-electron chi connectivity index (χ0n) is 14.0. The van der Waals surface area contributed by atoms with Crippen LogP contribution in [0.25, 0.3) is 0 Å². The number of para-hydroxylation sites is 1. The number of carbonyl (C=O) groups is 1. The molecule has 0 spiro atoms. The van der Waals surface area contributed by atoms with Crippen LogP contribution in [0.5, 0.6) is 0 Å². The summed E-state index contributed by atoms with van der Waals surface area (Å²) in [6.45, 7) is 5.24. The van der Waals surface area contributed by atoms with Gasteiger partial charge in [0.05, 0.1) is 0 Å². The van der Waals surface area contributed by atoms with Crippen LogP contribution >= 0.6 is 0 Å². The largest absolute Gasteiger partial charge is 0.317 e. The van der Waals surface area contributed by atoms with E-state index in [9.17, 15) is 4.79 Å². The number of carbonyl (C=O) groups excluding carboxylic acids is 1. The van der Waals surface area contributed by atoms with Crippen molar-refractivity contribution in [3.8, 4) is 0 Å². The molecule has 2 aliphatic heterocycles. The molecular formula is C19H29N3O. The second kappa shape index (κ2) is 8.46. The van der Waals surface area contributed by atoms with E-state index in [1.54, 1.807) is 0 Å². The number of likely N-dealkylation sites (tertiary alicyclic amines) is 1. The van der Waals surface area contributed by atoms with Gasteiger partial charge >= 0.3 is 0 Å². The molecule has 1 amide bonds. The standard InChI is InChI=1S/C19H29N3O/c23-19(11-16-21-14-5-2-6-15-21)22(17-7-3-1-4-8-17)18-9-12-20-13-10-18/h1,3-4,7-8,18,20H,2,5-6,9-16H2. The van der Waals surface area contributed by atoms with Crippen LogP contribution in [0.15, 0.2) is 30.3 Å². The van der Waals surface area contributed by atoms with E-state index in [0.717, 1.165) is 51.3 Å². The topological polar surface area (TPSA) is 35.6 Å². The Labute approximate surface area is 139 Å². The number of benzene rings is 1. The molecule has 0 aromatic heterocycles. The van der Waals surface area contributed by atoms with Crippen molar-refractivity contribution in [2.75, 3.05) is 37.6 Å². The van der Waals surface area contributed by atoms with Crippen molar-refractivity contribution in [3.63, 3.8) is 0 Å². The predicted molar refractivity (Wildman–Crippen MR) is 94.7 cm³/mol. The van der Waals surface area contributed by atoms with Crippen LogP contribution in [0.2, 0.25) is 0 Å². The molecule has 2 heterocycles. The Morgan fingerprint density at radius 3 is 2.48 bits per heavy atom. The maximum absolute atomic E-state index is 13.0. The fourth-order valence-electron chi connectivity index (χ4n) is 3.77. The van der Waals surface area contributed by atoms with Crippen molar-refractivity contribution in [1.82, 2.24) is 10.2 Å². The third kappa shape index (κ3) is 4.55. The highest BCUT2D eigenvalue weighted by Gasteiger charge is 2.26. The zero-order chi connectivity index (χ0) is 15.9. The molecule has 2 saturated heterocycles. The summed E-state index contributed by atoms with van der Waals surface area (Å²) >= 11 is 0. The van der Waals surface area contributed by atoms with Gasteiger partial charge in [0.2, 0.25) is 5.91 Å². The first-order valence-corrected chi connectivity index (χ1v) is 9.15. The highest BCUT2D eigenvalue weighted by Crippen LogP contribution is 2.23. The summed E-state index contributed by atoms with van der Waals surface area (Å²) in [6, 6.07) is 10.6. The fraction of sp³-hybridized carbons (Fsp3) is 0.632. The maximum Gasteiger partial charge on any atom is 0.228 e. The third-order valence-corrected chi connectivity index (χ3v) is 5.07. The monoisotopic (exact) mass is 315 g/mol. The lowest BCUT2D eigenvalue weighted by atomic mass is 10.0. The number of amides is 1. The highest BCUT2D eigenvalue weighted by atomic mass is 16.2. The maximum atomic E-state index is 13.0. The van der Waals surface area contributed by atoms with Gasteiger partial charge < -0.3 is 15.1 Å². The number of anilines is 1. The first kappa shape index (κ1) is 16.5. The van der Waals surface area contributed by atoms with Crippen molar-refractivity contribution >= 4 is 11.6 Å². The van der Waals surface area contributed by atoms with Gasteiger partial charge in [0.15, 0.2) is 0 Å². The van der Waals surface area contributed by atoms with Crippen LogP contribution in [0.4, 0.5) is 5.69 Å². The Bertz CT molecular complexity index is 479. The van der Waals surface area contributed by atoms with E-state index in [2.05, 4.69) is 27.2 Å². The first-order valence-electron chi connectivity index (χ1n) is 9.15. The van der Waals surface area contributed by atoms with Gasteiger partial charge in [-0.25, -0.2) is 0 Å². The van der Waals surface area contributed by atoms with Gasteiger partial charge in [0.1, 0.15) is 0 Å². The Morgan fingerprint density at radius 1 is 1.09 bits per heavy atom. The molecule has 4 heteroatoms. The average molecular weight is 315 g/mol. The summed E-state index contributed by atoms with van der Waals surface area (Å²) in [6.07, 6.45) is 6.64. The molecule has 0 unspecified atom stereocenters. The van der Waals surface area contributed by atoms with Gasteiger partial charge in [-0.2, -0.15) is 0 Å². The van der Waals surface area contributed by atoms with Gasteiger partial charge in [-0.15, -0.1) is 0 Å². The third-order valence-electron chi connectivity index (χ3n) is 5.07. The molecule has 0 aliphatic carbocycles. The summed E-state index contributed by atoms with van der Waals surface area (Å²) < 4.78 is 0. The normalized spacial score (nSPS) is 20.3. The van der Waals surface area contributed by atoms with Crippen molar-refractivity contribution < 1.29 is 4.79 Å². The lowest BCUT2D eigenvalue weighted by Gasteiger charge is -2.35. The summed E-state index contributed by atoms with van der Waals surface area (Å²) in [5, 5.41) is 3.40. The number of hydrogen-bond donors (Lipinski definition) is 1. The van der Waals surface area contributed by atoms with Gasteiger partial charge in [-0.1, -0.05) is 24.6 Å². The van der Waals surface area contributed by atoms with Crippen LogP contribution in [-0.4, -0.2) is 49.6 Å². The van der Waals surface area contributed by atoms with Crippen LogP contribution in [0.3, 0.4) is 0 Å². The Balaban J connectivity index is 1.65. The highest BCUT2D eigenvalue weighted by molar-refractivity contribution is 5.94. The van der Waals surface area contributed by atoms with Crippen LogP contribution in [0.1, 0.15) is 38.5 Å². The molecule has 0 saturated carbocycles. The van der Waals surface area contributed by atoms with Gasteiger partial charge in [-0.05, 0) is 64.0 Å². The summed E-state index contributed by atoms with van der Waals surface area (Å²) in [5.41, 5.74) is 1.06. The number of nitrogens with one attached hydrogen (secondary N) is 1. The molecule has 0 radical (unpaired) electrons. The molecule has 126 valence electrons. The lowest BCUT2D eigenvalue weighted by molar-refractivity contribution is -0.119. The zero-order valence-corrected chi connectivity index (χ0v) is 14.0. The molecule has 23 heavy (non-hydrogen) atoms. The predicted octanol–water partition coefficient (Wildman–Crippen LogP) is 2.65. The van der Waals surface area contributed by atoms with Crippen molar-refractivity contribution in [2.45, 2.75) is 44.6 Å². The van der Waals surface area contributed by atoms with Crippen molar-refractivity contribution in [2.24, 2.45) is 0 Å². The number of rotatable bonds is 5. The van der Waals surface area contributed by atoms with E-state index in [4.69, 9.17) is 0 Å². The van der Waals surface area contributed by atoms with Gasteiger partial charge in [0.25, 0.3) is 0 Å². The Morgan fingerprint density at radius 2 is 1.78 bits per heavy atom. The molecule has 0 atom stereocenters. The number of nitrogens with zero attached hydrogens (tertiary/aromatic N) is 2. The molecule has 4 nitrogen and oxygen atoms in total. The van der Waals surface area contributed by atoms with E-state index in [1.807, 2.05) is 18.2 Å². The molecule has 0 bridgehead atoms. The van der Waals surface area contributed by atoms with Crippen LogP contribution < -0.4 is 10.2 Å². The molecule has 1 aromatic carbocycles.